The standard InChI is InChI=1S/C15H18ClN3S/c1-3-20-15-5-4-10(16)7-12(15)11-6-9(2)13(17)8-14(11)19-18/h4-8,19H,3,17-18H2,1-2H3. The number of anilines is 2. The van der Waals surface area contributed by atoms with Crippen molar-refractivity contribution in [3.63, 3.8) is 0 Å². The van der Waals surface area contributed by atoms with Gasteiger partial charge in [0.15, 0.2) is 0 Å². The summed E-state index contributed by atoms with van der Waals surface area (Å²) in [6.45, 7) is 4.11. The van der Waals surface area contributed by atoms with Crippen LogP contribution in [0.2, 0.25) is 5.02 Å². The number of nitrogens with one attached hydrogen (secondary N) is 1. The lowest BCUT2D eigenvalue weighted by molar-refractivity contribution is 1.32. The number of hydrogen-bond donors (Lipinski definition) is 3. The number of benzene rings is 2. The minimum absolute atomic E-state index is 0.706. The maximum absolute atomic E-state index is 6.15. The van der Waals surface area contributed by atoms with Crippen LogP contribution in [0, 0.1) is 6.92 Å². The van der Waals surface area contributed by atoms with E-state index < -0.39 is 0 Å². The van der Waals surface area contributed by atoms with Gasteiger partial charge < -0.3 is 11.2 Å². The molecule has 0 atom stereocenters. The van der Waals surface area contributed by atoms with Crippen LogP contribution in [0.25, 0.3) is 11.1 Å². The van der Waals surface area contributed by atoms with Gasteiger partial charge in [0.05, 0.1) is 5.69 Å². The molecule has 0 amide bonds. The first kappa shape index (κ1) is 15.0. The largest absolute Gasteiger partial charge is 0.398 e. The molecule has 0 aliphatic rings. The molecule has 0 aromatic heterocycles. The van der Waals surface area contributed by atoms with E-state index in [4.69, 9.17) is 23.2 Å². The molecule has 0 aliphatic heterocycles. The Hall–Kier alpha value is -1.36. The Kier molecular flexibility index (Phi) is 4.81. The third-order valence-corrected chi connectivity index (χ3v) is 4.28. The van der Waals surface area contributed by atoms with Gasteiger partial charge >= 0.3 is 0 Å². The minimum atomic E-state index is 0.706. The molecule has 2 rings (SSSR count). The first-order valence-electron chi connectivity index (χ1n) is 6.36. The van der Waals surface area contributed by atoms with Gasteiger partial charge in [-0.1, -0.05) is 18.5 Å². The number of halogens is 1. The smallest absolute Gasteiger partial charge is 0.0584 e. The monoisotopic (exact) mass is 307 g/mol. The van der Waals surface area contributed by atoms with Crippen LogP contribution < -0.4 is 17.0 Å². The summed E-state index contributed by atoms with van der Waals surface area (Å²) < 4.78 is 0. The van der Waals surface area contributed by atoms with E-state index in [9.17, 15) is 0 Å². The Bertz CT molecular complexity index is 629. The molecule has 0 saturated heterocycles. The zero-order valence-corrected chi connectivity index (χ0v) is 13.1. The van der Waals surface area contributed by atoms with Gasteiger partial charge in [0, 0.05) is 21.2 Å². The summed E-state index contributed by atoms with van der Waals surface area (Å²) in [5.41, 5.74) is 13.3. The molecule has 20 heavy (non-hydrogen) atoms. The number of thioether (sulfide) groups is 1. The first-order valence-corrected chi connectivity index (χ1v) is 7.72. The van der Waals surface area contributed by atoms with E-state index in [1.807, 2.05) is 37.3 Å². The number of hydrazine groups is 1. The quantitative estimate of drug-likeness (QED) is 0.341. The molecular weight excluding hydrogens is 290 g/mol. The van der Waals surface area contributed by atoms with Crippen molar-refractivity contribution in [1.29, 1.82) is 0 Å². The van der Waals surface area contributed by atoms with Crippen LogP contribution in [0.5, 0.6) is 0 Å². The van der Waals surface area contributed by atoms with Crippen molar-refractivity contribution in [3.8, 4) is 11.1 Å². The molecule has 0 radical (unpaired) electrons. The fraction of sp³-hybridized carbons (Fsp3) is 0.200. The highest BCUT2D eigenvalue weighted by molar-refractivity contribution is 7.99. The molecule has 0 bridgehead atoms. The van der Waals surface area contributed by atoms with Crippen LogP contribution >= 0.6 is 23.4 Å². The van der Waals surface area contributed by atoms with Crippen LogP contribution in [0.15, 0.2) is 35.2 Å². The third kappa shape index (κ3) is 3.03. The van der Waals surface area contributed by atoms with Crippen LogP contribution in [0.4, 0.5) is 11.4 Å². The fourth-order valence-corrected chi connectivity index (χ4v) is 3.03. The maximum atomic E-state index is 6.15. The predicted molar refractivity (Wildman–Crippen MR) is 90.2 cm³/mol. The number of nitrogen functional groups attached to an aromatic ring is 2. The lowest BCUT2D eigenvalue weighted by atomic mass is 10.00. The van der Waals surface area contributed by atoms with E-state index in [1.54, 1.807) is 11.8 Å². The molecule has 5 heteroatoms. The summed E-state index contributed by atoms with van der Waals surface area (Å²) in [6, 6.07) is 9.80. The van der Waals surface area contributed by atoms with Gasteiger partial charge in [-0.3, -0.25) is 5.84 Å². The van der Waals surface area contributed by atoms with Crippen LogP contribution in [-0.2, 0) is 0 Å². The average molecular weight is 308 g/mol. The number of rotatable bonds is 4. The van der Waals surface area contributed by atoms with Crippen molar-refractivity contribution in [2.75, 3.05) is 16.9 Å². The van der Waals surface area contributed by atoms with Crippen molar-refractivity contribution in [1.82, 2.24) is 0 Å². The van der Waals surface area contributed by atoms with E-state index in [2.05, 4.69) is 12.3 Å². The summed E-state index contributed by atoms with van der Waals surface area (Å²) in [6.07, 6.45) is 0. The zero-order chi connectivity index (χ0) is 14.7. The molecule has 2 aromatic rings. The number of aryl methyl sites for hydroxylation is 1. The van der Waals surface area contributed by atoms with Gasteiger partial charge in [0.2, 0.25) is 0 Å². The van der Waals surface area contributed by atoms with Crippen molar-refractivity contribution >= 4 is 34.7 Å². The van der Waals surface area contributed by atoms with Gasteiger partial charge in [0.1, 0.15) is 0 Å². The highest BCUT2D eigenvalue weighted by Crippen LogP contribution is 2.38. The van der Waals surface area contributed by atoms with Gasteiger partial charge in [-0.05, 0) is 54.1 Å². The molecule has 5 N–H and O–H groups in total. The fourth-order valence-electron chi connectivity index (χ4n) is 2.06. The predicted octanol–water partition coefficient (Wildman–Crippen LogP) is 4.30. The normalized spacial score (nSPS) is 10.6. The Morgan fingerprint density at radius 1 is 1.20 bits per heavy atom. The highest BCUT2D eigenvalue weighted by Gasteiger charge is 2.12. The Labute approximate surface area is 128 Å². The number of hydrogen-bond acceptors (Lipinski definition) is 4. The summed E-state index contributed by atoms with van der Waals surface area (Å²) in [5.74, 6) is 6.62. The van der Waals surface area contributed by atoms with Gasteiger partial charge in [-0.25, -0.2) is 0 Å². The van der Waals surface area contributed by atoms with Crippen molar-refractivity contribution in [2.24, 2.45) is 5.84 Å². The molecule has 0 aliphatic carbocycles. The SMILES string of the molecule is CCSc1ccc(Cl)cc1-c1cc(C)c(N)cc1NN. The Balaban J connectivity index is 2.66. The molecule has 3 nitrogen and oxygen atoms in total. The highest BCUT2D eigenvalue weighted by atomic mass is 35.5. The second kappa shape index (κ2) is 6.39. The van der Waals surface area contributed by atoms with E-state index >= 15 is 0 Å². The Morgan fingerprint density at radius 3 is 2.60 bits per heavy atom. The topological polar surface area (TPSA) is 64.1 Å². The maximum Gasteiger partial charge on any atom is 0.0584 e. The van der Waals surface area contributed by atoms with Crippen molar-refractivity contribution < 1.29 is 0 Å². The average Bonchev–Trinajstić information content (AvgIpc) is 2.43. The molecule has 0 spiro atoms. The van der Waals surface area contributed by atoms with E-state index in [0.29, 0.717) is 10.7 Å². The lowest BCUT2D eigenvalue weighted by Crippen LogP contribution is -2.09. The Morgan fingerprint density at radius 2 is 1.95 bits per heavy atom. The van der Waals surface area contributed by atoms with Gasteiger partial charge in [-0.2, -0.15) is 0 Å². The summed E-state index contributed by atoms with van der Waals surface area (Å²) in [5, 5.41) is 0.706. The molecule has 2 aromatic carbocycles. The van der Waals surface area contributed by atoms with E-state index in [0.717, 1.165) is 28.1 Å². The second-order valence-corrected chi connectivity index (χ2v) is 6.21. The summed E-state index contributed by atoms with van der Waals surface area (Å²) >= 11 is 7.92. The first-order chi connectivity index (χ1) is 9.56. The van der Waals surface area contributed by atoms with Crippen molar-refractivity contribution in [3.05, 3.63) is 40.9 Å². The molecule has 0 fully saturated rings. The van der Waals surface area contributed by atoms with Crippen LogP contribution in [-0.4, -0.2) is 5.75 Å². The molecule has 106 valence electrons. The minimum Gasteiger partial charge on any atom is -0.398 e. The third-order valence-electron chi connectivity index (χ3n) is 3.09. The molecule has 0 saturated carbocycles. The zero-order valence-electron chi connectivity index (χ0n) is 11.5. The molecule has 0 unspecified atom stereocenters. The van der Waals surface area contributed by atoms with Gasteiger partial charge in [0.25, 0.3) is 0 Å². The summed E-state index contributed by atoms with van der Waals surface area (Å²) in [4.78, 5) is 1.18. The van der Waals surface area contributed by atoms with E-state index in [-0.39, 0.29) is 0 Å². The molecular formula is C15H18ClN3S. The van der Waals surface area contributed by atoms with Gasteiger partial charge in [-0.15, -0.1) is 11.8 Å². The number of nitrogens with two attached hydrogens (primary N) is 2. The summed E-state index contributed by atoms with van der Waals surface area (Å²) in [7, 11) is 0. The van der Waals surface area contributed by atoms with Crippen LogP contribution in [0.3, 0.4) is 0 Å². The van der Waals surface area contributed by atoms with Crippen molar-refractivity contribution in [2.45, 2.75) is 18.7 Å². The van der Waals surface area contributed by atoms with Crippen LogP contribution in [0.1, 0.15) is 12.5 Å². The van der Waals surface area contributed by atoms with E-state index in [1.165, 1.54) is 4.90 Å². The lowest BCUT2D eigenvalue weighted by Gasteiger charge is -2.15. The molecule has 0 heterocycles. The second-order valence-electron chi connectivity index (χ2n) is 4.47.